The predicted molar refractivity (Wildman–Crippen MR) is 84.3 cm³/mol. The first-order chi connectivity index (χ1) is 10.2. The normalized spacial score (nSPS) is 17.0. The molecular weight excluding hydrogens is 266 g/mol. The second kappa shape index (κ2) is 8.10. The van der Waals surface area contributed by atoms with Crippen molar-refractivity contribution in [3.63, 3.8) is 0 Å². The molecule has 0 aliphatic carbocycles. The molecule has 0 amide bonds. The Labute approximate surface area is 126 Å². The van der Waals surface area contributed by atoms with Crippen molar-refractivity contribution in [3.05, 3.63) is 39.9 Å². The van der Waals surface area contributed by atoms with E-state index in [0.29, 0.717) is 0 Å². The summed E-state index contributed by atoms with van der Waals surface area (Å²) in [7, 11) is 0. The van der Waals surface area contributed by atoms with Gasteiger partial charge in [0.2, 0.25) is 0 Å². The molecule has 0 atom stereocenters. The number of nitrogens with zero attached hydrogens (tertiary/aromatic N) is 2. The number of nitrogens with one attached hydrogen (secondary N) is 1. The lowest BCUT2D eigenvalue weighted by atomic mass is 9.96. The van der Waals surface area contributed by atoms with Crippen molar-refractivity contribution in [1.29, 1.82) is 0 Å². The van der Waals surface area contributed by atoms with Gasteiger partial charge in [-0.25, -0.2) is 0 Å². The zero-order chi connectivity index (χ0) is 15.1. The van der Waals surface area contributed by atoms with Crippen molar-refractivity contribution in [2.24, 2.45) is 5.92 Å². The fraction of sp³-hybridized carbons (Fsp3) is 0.625. The molecule has 1 aliphatic rings. The molecule has 1 saturated heterocycles. The van der Waals surface area contributed by atoms with E-state index in [1.165, 1.54) is 19.3 Å². The summed E-state index contributed by atoms with van der Waals surface area (Å²) < 4.78 is 0. The molecule has 1 heterocycles. The Morgan fingerprint density at radius 3 is 2.81 bits per heavy atom. The van der Waals surface area contributed by atoms with Crippen molar-refractivity contribution in [2.75, 3.05) is 26.2 Å². The molecule has 0 radical (unpaired) electrons. The van der Waals surface area contributed by atoms with Crippen LogP contribution in [-0.4, -0.2) is 36.0 Å². The average Bonchev–Trinajstić information content (AvgIpc) is 2.49. The number of hydrogen-bond donors (Lipinski definition) is 1. The van der Waals surface area contributed by atoms with Crippen molar-refractivity contribution in [1.82, 2.24) is 10.2 Å². The fourth-order valence-corrected chi connectivity index (χ4v) is 2.86. The van der Waals surface area contributed by atoms with Gasteiger partial charge < -0.3 is 5.32 Å². The molecule has 0 spiro atoms. The summed E-state index contributed by atoms with van der Waals surface area (Å²) in [6.45, 7) is 7.40. The molecule has 2 rings (SSSR count). The second-order valence-electron chi connectivity index (χ2n) is 5.85. The summed E-state index contributed by atoms with van der Waals surface area (Å²) in [5.74, 6) is 0.776. The van der Waals surface area contributed by atoms with E-state index in [1.54, 1.807) is 18.2 Å². The van der Waals surface area contributed by atoms with Crippen molar-refractivity contribution >= 4 is 5.69 Å². The summed E-state index contributed by atoms with van der Waals surface area (Å²) in [5, 5.41) is 14.3. The number of nitro groups is 1. The first kappa shape index (κ1) is 15.9. The highest BCUT2D eigenvalue weighted by atomic mass is 16.6. The minimum atomic E-state index is -0.324. The molecule has 1 aromatic carbocycles. The van der Waals surface area contributed by atoms with Gasteiger partial charge in [0, 0.05) is 18.7 Å². The first-order valence-corrected chi connectivity index (χ1v) is 7.85. The zero-order valence-electron chi connectivity index (χ0n) is 12.8. The maximum absolute atomic E-state index is 10.8. The number of piperidine rings is 1. The van der Waals surface area contributed by atoms with Crippen molar-refractivity contribution in [2.45, 2.75) is 32.7 Å². The second-order valence-corrected chi connectivity index (χ2v) is 5.85. The van der Waals surface area contributed by atoms with Crippen LogP contribution in [0.1, 0.15) is 31.7 Å². The molecule has 1 aromatic rings. The maximum atomic E-state index is 10.8. The maximum Gasteiger partial charge on any atom is 0.269 e. The average molecular weight is 291 g/mol. The van der Waals surface area contributed by atoms with Gasteiger partial charge in [-0.2, -0.15) is 0 Å². The van der Waals surface area contributed by atoms with Crippen molar-refractivity contribution < 1.29 is 4.92 Å². The Hall–Kier alpha value is -1.46. The van der Waals surface area contributed by atoms with E-state index in [9.17, 15) is 10.1 Å². The molecular formula is C16H25N3O2. The molecule has 1 fully saturated rings. The number of nitro benzene ring substituents is 1. The molecule has 116 valence electrons. The lowest BCUT2D eigenvalue weighted by Crippen LogP contribution is -2.37. The zero-order valence-corrected chi connectivity index (χ0v) is 12.8. The van der Waals surface area contributed by atoms with Crippen LogP contribution in [-0.2, 0) is 6.54 Å². The third-order valence-corrected chi connectivity index (χ3v) is 4.09. The smallest absolute Gasteiger partial charge is 0.269 e. The summed E-state index contributed by atoms with van der Waals surface area (Å²) in [6, 6.07) is 6.99. The van der Waals surface area contributed by atoms with E-state index in [2.05, 4.69) is 17.1 Å². The van der Waals surface area contributed by atoms with E-state index in [1.807, 2.05) is 6.07 Å². The summed E-state index contributed by atoms with van der Waals surface area (Å²) in [4.78, 5) is 12.9. The highest BCUT2D eigenvalue weighted by Crippen LogP contribution is 2.20. The van der Waals surface area contributed by atoms with Crippen LogP contribution in [0.4, 0.5) is 5.69 Å². The van der Waals surface area contributed by atoms with Gasteiger partial charge >= 0.3 is 0 Å². The highest BCUT2D eigenvalue weighted by molar-refractivity contribution is 5.34. The molecule has 5 nitrogen and oxygen atoms in total. The van der Waals surface area contributed by atoms with Crippen LogP contribution in [0, 0.1) is 16.0 Å². The summed E-state index contributed by atoms with van der Waals surface area (Å²) >= 11 is 0. The molecule has 1 N–H and O–H groups in total. The Bertz CT molecular complexity index is 457. The summed E-state index contributed by atoms with van der Waals surface area (Å²) in [6.07, 6.45) is 3.61. The third-order valence-electron chi connectivity index (χ3n) is 4.09. The Morgan fingerprint density at radius 2 is 2.14 bits per heavy atom. The third kappa shape index (κ3) is 5.10. The summed E-state index contributed by atoms with van der Waals surface area (Å²) in [5.41, 5.74) is 1.22. The van der Waals surface area contributed by atoms with Crippen LogP contribution in [0.5, 0.6) is 0 Å². The van der Waals surface area contributed by atoms with Gasteiger partial charge in [-0.15, -0.1) is 0 Å². The van der Waals surface area contributed by atoms with Crippen LogP contribution < -0.4 is 5.32 Å². The Kier molecular flexibility index (Phi) is 6.14. The van der Waals surface area contributed by atoms with Gasteiger partial charge in [0.15, 0.2) is 0 Å². The fourth-order valence-electron chi connectivity index (χ4n) is 2.86. The monoisotopic (exact) mass is 291 g/mol. The highest BCUT2D eigenvalue weighted by Gasteiger charge is 2.19. The van der Waals surface area contributed by atoms with Crippen LogP contribution in [0.3, 0.4) is 0 Å². The number of likely N-dealkylation sites (tertiary alicyclic amines) is 1. The van der Waals surface area contributed by atoms with Crippen LogP contribution >= 0.6 is 0 Å². The van der Waals surface area contributed by atoms with Gasteiger partial charge in [0.25, 0.3) is 5.69 Å². The topological polar surface area (TPSA) is 58.4 Å². The van der Waals surface area contributed by atoms with Gasteiger partial charge in [-0.05, 0) is 56.9 Å². The quantitative estimate of drug-likeness (QED) is 0.477. The molecule has 0 saturated carbocycles. The number of non-ortho nitro benzene ring substituents is 1. The molecule has 5 heteroatoms. The molecule has 0 bridgehead atoms. The number of hydrogen-bond acceptors (Lipinski definition) is 4. The largest absolute Gasteiger partial charge is 0.316 e. The minimum absolute atomic E-state index is 0.186. The standard InChI is InChI=1S/C16H25N3O2/c1-2-8-17-12-14-6-9-18(10-7-14)13-15-4-3-5-16(11-15)19(20)21/h3-5,11,14,17H,2,6-10,12-13H2,1H3. The van der Waals surface area contributed by atoms with E-state index in [4.69, 9.17) is 0 Å². The Morgan fingerprint density at radius 1 is 1.38 bits per heavy atom. The van der Waals surface area contributed by atoms with Gasteiger partial charge in [0.05, 0.1) is 4.92 Å². The van der Waals surface area contributed by atoms with Gasteiger partial charge in [-0.1, -0.05) is 19.1 Å². The van der Waals surface area contributed by atoms with E-state index in [0.717, 1.165) is 44.2 Å². The van der Waals surface area contributed by atoms with Crippen LogP contribution in [0.25, 0.3) is 0 Å². The van der Waals surface area contributed by atoms with E-state index in [-0.39, 0.29) is 10.6 Å². The molecule has 21 heavy (non-hydrogen) atoms. The number of benzene rings is 1. The van der Waals surface area contributed by atoms with Crippen molar-refractivity contribution in [3.8, 4) is 0 Å². The van der Waals surface area contributed by atoms with Crippen LogP contribution in [0.15, 0.2) is 24.3 Å². The minimum Gasteiger partial charge on any atom is -0.316 e. The lowest BCUT2D eigenvalue weighted by Gasteiger charge is -2.32. The molecule has 0 unspecified atom stereocenters. The SMILES string of the molecule is CCCNCC1CCN(Cc2cccc([N+](=O)[O-])c2)CC1. The van der Waals surface area contributed by atoms with E-state index < -0.39 is 0 Å². The lowest BCUT2D eigenvalue weighted by molar-refractivity contribution is -0.384. The first-order valence-electron chi connectivity index (χ1n) is 7.85. The van der Waals surface area contributed by atoms with Gasteiger partial charge in [-0.3, -0.25) is 15.0 Å². The van der Waals surface area contributed by atoms with Crippen LogP contribution in [0.2, 0.25) is 0 Å². The molecule has 1 aliphatic heterocycles. The van der Waals surface area contributed by atoms with E-state index >= 15 is 0 Å². The Balaban J connectivity index is 1.78. The predicted octanol–water partition coefficient (Wildman–Crippen LogP) is 2.81. The molecule has 0 aromatic heterocycles. The van der Waals surface area contributed by atoms with Gasteiger partial charge in [0.1, 0.15) is 0 Å². The number of rotatable bonds is 7.